The lowest BCUT2D eigenvalue weighted by atomic mass is 10.3. The van der Waals surface area contributed by atoms with Crippen molar-refractivity contribution in [3.8, 4) is 0 Å². The molecule has 6 heteroatoms. The first-order valence-corrected chi connectivity index (χ1v) is 5.44. The summed E-state index contributed by atoms with van der Waals surface area (Å²) in [7, 11) is 0. The summed E-state index contributed by atoms with van der Waals surface area (Å²) in [5.74, 6) is 0. The minimum absolute atomic E-state index is 0.156. The number of rotatable bonds is 4. The van der Waals surface area contributed by atoms with E-state index in [-0.39, 0.29) is 12.1 Å². The molecule has 16 heavy (non-hydrogen) atoms. The van der Waals surface area contributed by atoms with Crippen molar-refractivity contribution in [2.45, 2.75) is 33.4 Å². The SMILES string of the molecule is CCCn1cc(C(=O)Cl)c(=O)n(CC)c1=O. The fourth-order valence-electron chi connectivity index (χ4n) is 1.47. The third-order valence-corrected chi connectivity index (χ3v) is 2.43. The molecule has 88 valence electrons. The van der Waals surface area contributed by atoms with Gasteiger partial charge < -0.3 is 0 Å². The van der Waals surface area contributed by atoms with Crippen LogP contribution in [-0.4, -0.2) is 14.4 Å². The van der Waals surface area contributed by atoms with E-state index in [0.29, 0.717) is 6.54 Å². The van der Waals surface area contributed by atoms with Crippen LogP contribution < -0.4 is 11.2 Å². The molecular weight excluding hydrogens is 232 g/mol. The fraction of sp³-hybridized carbons (Fsp3) is 0.500. The molecule has 0 unspecified atom stereocenters. The van der Waals surface area contributed by atoms with Crippen LogP contribution in [0.3, 0.4) is 0 Å². The van der Waals surface area contributed by atoms with Crippen LogP contribution in [0.5, 0.6) is 0 Å². The number of nitrogens with zero attached hydrogens (tertiary/aromatic N) is 2. The molecule has 0 amide bonds. The van der Waals surface area contributed by atoms with Crippen molar-refractivity contribution >= 4 is 16.8 Å². The standard InChI is InChI=1S/C10H13ClN2O3/c1-3-5-12-6-7(8(11)14)9(15)13(4-2)10(12)16/h6H,3-5H2,1-2H3. The summed E-state index contributed by atoms with van der Waals surface area (Å²) in [6.07, 6.45) is 1.97. The van der Waals surface area contributed by atoms with E-state index in [4.69, 9.17) is 11.6 Å². The highest BCUT2D eigenvalue weighted by atomic mass is 35.5. The van der Waals surface area contributed by atoms with Crippen LogP contribution in [0, 0.1) is 0 Å². The molecule has 0 saturated heterocycles. The molecule has 1 aromatic heterocycles. The minimum Gasteiger partial charge on any atom is -0.300 e. The summed E-state index contributed by atoms with van der Waals surface area (Å²) in [5, 5.41) is -0.836. The van der Waals surface area contributed by atoms with E-state index in [2.05, 4.69) is 0 Å². The van der Waals surface area contributed by atoms with Gasteiger partial charge in [-0.05, 0) is 24.9 Å². The van der Waals surface area contributed by atoms with Gasteiger partial charge in [0.2, 0.25) is 0 Å². The van der Waals surface area contributed by atoms with Crippen molar-refractivity contribution in [2.75, 3.05) is 0 Å². The number of aryl methyl sites for hydroxylation is 1. The van der Waals surface area contributed by atoms with Gasteiger partial charge in [0.25, 0.3) is 10.8 Å². The maximum Gasteiger partial charge on any atom is 0.330 e. The molecule has 0 saturated carbocycles. The summed E-state index contributed by atoms with van der Waals surface area (Å²) >= 11 is 5.29. The van der Waals surface area contributed by atoms with Crippen molar-refractivity contribution in [2.24, 2.45) is 0 Å². The number of hydrogen-bond donors (Lipinski definition) is 0. The molecule has 0 N–H and O–H groups in total. The second kappa shape index (κ2) is 5.12. The van der Waals surface area contributed by atoms with Gasteiger partial charge in [0.1, 0.15) is 5.56 Å². The number of carbonyl (C=O) groups excluding carboxylic acids is 1. The Morgan fingerprint density at radius 1 is 1.38 bits per heavy atom. The zero-order chi connectivity index (χ0) is 12.3. The van der Waals surface area contributed by atoms with Crippen molar-refractivity contribution in [1.29, 1.82) is 0 Å². The molecule has 0 aliphatic rings. The highest BCUT2D eigenvalue weighted by Crippen LogP contribution is 1.96. The Hall–Kier alpha value is -1.36. The molecule has 1 aromatic rings. The summed E-state index contributed by atoms with van der Waals surface area (Å²) in [6, 6.07) is 0. The monoisotopic (exact) mass is 244 g/mol. The zero-order valence-electron chi connectivity index (χ0n) is 9.20. The number of aromatic nitrogens is 2. The Morgan fingerprint density at radius 3 is 2.44 bits per heavy atom. The number of carbonyl (C=O) groups is 1. The second-order valence-electron chi connectivity index (χ2n) is 3.34. The molecule has 1 heterocycles. The van der Waals surface area contributed by atoms with Crippen LogP contribution in [0.15, 0.2) is 15.8 Å². The summed E-state index contributed by atoms with van der Waals surface area (Å²) in [4.78, 5) is 34.5. The third kappa shape index (κ3) is 2.24. The molecule has 0 fully saturated rings. The molecule has 1 rings (SSSR count). The van der Waals surface area contributed by atoms with Gasteiger partial charge in [-0.1, -0.05) is 6.92 Å². The van der Waals surface area contributed by atoms with E-state index in [0.717, 1.165) is 11.0 Å². The average molecular weight is 245 g/mol. The highest BCUT2D eigenvalue weighted by molar-refractivity contribution is 6.67. The first-order chi connectivity index (χ1) is 7.52. The first-order valence-electron chi connectivity index (χ1n) is 5.07. The topological polar surface area (TPSA) is 61.1 Å². The lowest BCUT2D eigenvalue weighted by Gasteiger charge is -2.09. The molecule has 0 spiro atoms. The quantitative estimate of drug-likeness (QED) is 0.737. The van der Waals surface area contributed by atoms with Crippen LogP contribution in [0.25, 0.3) is 0 Å². The van der Waals surface area contributed by atoms with Gasteiger partial charge in [-0.2, -0.15) is 0 Å². The van der Waals surface area contributed by atoms with E-state index in [1.54, 1.807) is 6.92 Å². The Balaban J connectivity index is 3.57. The second-order valence-corrected chi connectivity index (χ2v) is 3.69. The van der Waals surface area contributed by atoms with Gasteiger partial charge in [0.05, 0.1) is 0 Å². The van der Waals surface area contributed by atoms with Crippen molar-refractivity contribution < 1.29 is 4.79 Å². The van der Waals surface area contributed by atoms with E-state index in [9.17, 15) is 14.4 Å². The van der Waals surface area contributed by atoms with Gasteiger partial charge in [-0.25, -0.2) is 4.79 Å². The molecular formula is C10H13ClN2O3. The van der Waals surface area contributed by atoms with Gasteiger partial charge in [0, 0.05) is 19.3 Å². The van der Waals surface area contributed by atoms with E-state index in [1.807, 2.05) is 6.92 Å². The molecule has 0 radical (unpaired) electrons. The molecule has 0 aliphatic carbocycles. The van der Waals surface area contributed by atoms with E-state index >= 15 is 0 Å². The molecule has 0 aromatic carbocycles. The Labute approximate surface area is 97.3 Å². The molecule has 0 bridgehead atoms. The Kier molecular flexibility index (Phi) is 4.06. The number of hydrogen-bond acceptors (Lipinski definition) is 3. The van der Waals surface area contributed by atoms with Crippen molar-refractivity contribution in [3.05, 3.63) is 32.6 Å². The first kappa shape index (κ1) is 12.7. The Bertz CT molecular complexity index is 516. The van der Waals surface area contributed by atoms with Gasteiger partial charge in [0.15, 0.2) is 0 Å². The van der Waals surface area contributed by atoms with Crippen LogP contribution >= 0.6 is 11.6 Å². The maximum atomic E-state index is 11.8. The minimum atomic E-state index is -0.836. The third-order valence-electron chi connectivity index (χ3n) is 2.23. The summed E-state index contributed by atoms with van der Waals surface area (Å²) in [6.45, 7) is 4.24. The fourth-order valence-corrected chi connectivity index (χ4v) is 1.60. The van der Waals surface area contributed by atoms with Crippen LogP contribution in [0.2, 0.25) is 0 Å². The zero-order valence-corrected chi connectivity index (χ0v) is 9.95. The predicted molar refractivity (Wildman–Crippen MR) is 61.1 cm³/mol. The largest absolute Gasteiger partial charge is 0.330 e. The van der Waals surface area contributed by atoms with Crippen LogP contribution in [0.1, 0.15) is 30.6 Å². The van der Waals surface area contributed by atoms with Crippen LogP contribution in [0.4, 0.5) is 0 Å². The lowest BCUT2D eigenvalue weighted by molar-refractivity contribution is 0.107. The van der Waals surface area contributed by atoms with E-state index < -0.39 is 16.5 Å². The summed E-state index contributed by atoms with van der Waals surface area (Å²) < 4.78 is 2.34. The predicted octanol–water partition coefficient (Wildman–Crippen LogP) is 0.819. The maximum absolute atomic E-state index is 11.8. The average Bonchev–Trinajstić information content (AvgIpc) is 2.22. The molecule has 0 aliphatic heterocycles. The van der Waals surface area contributed by atoms with Crippen molar-refractivity contribution in [3.63, 3.8) is 0 Å². The Morgan fingerprint density at radius 2 is 2.00 bits per heavy atom. The van der Waals surface area contributed by atoms with Gasteiger partial charge in [-0.15, -0.1) is 0 Å². The molecule has 0 atom stereocenters. The van der Waals surface area contributed by atoms with Crippen LogP contribution in [-0.2, 0) is 13.1 Å². The smallest absolute Gasteiger partial charge is 0.300 e. The van der Waals surface area contributed by atoms with Crippen molar-refractivity contribution in [1.82, 2.24) is 9.13 Å². The molecule has 5 nitrogen and oxygen atoms in total. The highest BCUT2D eigenvalue weighted by Gasteiger charge is 2.14. The normalized spacial score (nSPS) is 10.4. The number of halogens is 1. The van der Waals surface area contributed by atoms with E-state index in [1.165, 1.54) is 10.8 Å². The van der Waals surface area contributed by atoms with Gasteiger partial charge >= 0.3 is 5.69 Å². The lowest BCUT2D eigenvalue weighted by Crippen LogP contribution is -2.41. The van der Waals surface area contributed by atoms with Gasteiger partial charge in [-0.3, -0.25) is 18.7 Å². The summed E-state index contributed by atoms with van der Waals surface area (Å²) in [5.41, 5.74) is -1.19.